The second-order valence-electron chi connectivity index (χ2n) is 4.71. The maximum atomic E-state index is 13.0. The van der Waals surface area contributed by atoms with Crippen LogP contribution in [0, 0.1) is 12.7 Å². The van der Waals surface area contributed by atoms with Crippen LogP contribution in [0.25, 0.3) is 0 Å². The Morgan fingerprint density at radius 3 is 2.41 bits per heavy atom. The molecule has 2 rings (SSSR count). The van der Waals surface area contributed by atoms with Crippen molar-refractivity contribution in [3.8, 4) is 0 Å². The van der Waals surface area contributed by atoms with E-state index in [0.717, 1.165) is 17.7 Å². The molecule has 22 heavy (non-hydrogen) atoms. The zero-order chi connectivity index (χ0) is 16.5. The smallest absolute Gasteiger partial charge is 0.398 e. The monoisotopic (exact) mass is 312 g/mol. The second kappa shape index (κ2) is 5.67. The first-order valence-electron chi connectivity index (χ1n) is 6.22. The third kappa shape index (κ3) is 3.36. The van der Waals surface area contributed by atoms with E-state index >= 15 is 0 Å². The van der Waals surface area contributed by atoms with Crippen LogP contribution in [0.5, 0.6) is 0 Å². The van der Waals surface area contributed by atoms with Gasteiger partial charge in [0.15, 0.2) is 0 Å². The van der Waals surface area contributed by atoms with Gasteiger partial charge in [-0.1, -0.05) is 6.07 Å². The Labute approximate surface area is 123 Å². The van der Waals surface area contributed by atoms with Gasteiger partial charge in [-0.25, -0.2) is 4.39 Å². The van der Waals surface area contributed by atoms with E-state index in [4.69, 9.17) is 5.73 Å². The number of rotatable bonds is 2. The number of hydrogen-bond donors (Lipinski definition) is 2. The molecule has 2 aromatic rings. The van der Waals surface area contributed by atoms with Crippen molar-refractivity contribution in [3.63, 3.8) is 0 Å². The molecule has 0 aliphatic rings. The minimum atomic E-state index is -4.83. The number of carbonyl (C=O) groups excluding carboxylic acids is 1. The minimum absolute atomic E-state index is 0.255. The topological polar surface area (TPSA) is 55.1 Å². The number of carbonyl (C=O) groups is 1. The predicted octanol–water partition coefficient (Wildman–Crippen LogP) is 3.99. The summed E-state index contributed by atoms with van der Waals surface area (Å²) >= 11 is 0. The predicted molar refractivity (Wildman–Crippen MR) is 74.9 cm³/mol. The zero-order valence-electron chi connectivity index (χ0n) is 11.5. The van der Waals surface area contributed by atoms with E-state index in [1.165, 1.54) is 12.1 Å². The number of aryl methyl sites for hydroxylation is 1. The summed E-state index contributed by atoms with van der Waals surface area (Å²) in [6.45, 7) is 1.75. The molecule has 0 heterocycles. The average Bonchev–Trinajstić information content (AvgIpc) is 2.41. The summed E-state index contributed by atoms with van der Waals surface area (Å²) in [5.74, 6) is -2.06. The lowest BCUT2D eigenvalue weighted by Gasteiger charge is -2.13. The molecular formula is C15H12F4N2O. The van der Waals surface area contributed by atoms with Gasteiger partial charge >= 0.3 is 6.18 Å². The van der Waals surface area contributed by atoms with Crippen LogP contribution in [0.1, 0.15) is 21.5 Å². The SMILES string of the molecule is Cc1ccc(NC(=O)c2ccc(F)cc2C(F)(F)F)cc1N. The van der Waals surface area contributed by atoms with Gasteiger partial charge in [-0.05, 0) is 42.8 Å². The largest absolute Gasteiger partial charge is 0.417 e. The molecule has 0 fully saturated rings. The summed E-state index contributed by atoms with van der Waals surface area (Å²) in [4.78, 5) is 12.0. The molecule has 0 saturated heterocycles. The van der Waals surface area contributed by atoms with Crippen LogP contribution in [0.4, 0.5) is 28.9 Å². The summed E-state index contributed by atoms with van der Waals surface area (Å²) < 4.78 is 51.7. The van der Waals surface area contributed by atoms with Crippen LogP contribution in [-0.4, -0.2) is 5.91 Å². The highest BCUT2D eigenvalue weighted by molar-refractivity contribution is 6.05. The maximum Gasteiger partial charge on any atom is 0.417 e. The Morgan fingerprint density at radius 1 is 1.14 bits per heavy atom. The van der Waals surface area contributed by atoms with Crippen LogP contribution in [-0.2, 0) is 6.18 Å². The van der Waals surface area contributed by atoms with Crippen LogP contribution < -0.4 is 11.1 Å². The van der Waals surface area contributed by atoms with Crippen molar-refractivity contribution >= 4 is 17.3 Å². The molecule has 116 valence electrons. The van der Waals surface area contributed by atoms with Gasteiger partial charge in [0.25, 0.3) is 5.91 Å². The Kier molecular flexibility index (Phi) is 4.07. The molecule has 0 spiro atoms. The molecule has 3 nitrogen and oxygen atoms in total. The lowest BCUT2D eigenvalue weighted by atomic mass is 10.1. The van der Waals surface area contributed by atoms with Gasteiger partial charge in [-0.3, -0.25) is 4.79 Å². The Morgan fingerprint density at radius 2 is 1.82 bits per heavy atom. The Hall–Kier alpha value is -2.57. The van der Waals surface area contributed by atoms with E-state index in [0.29, 0.717) is 11.8 Å². The first-order valence-corrected chi connectivity index (χ1v) is 6.22. The van der Waals surface area contributed by atoms with Crippen LogP contribution in [0.2, 0.25) is 0 Å². The standard InChI is InChI=1S/C15H12F4N2O/c1-8-2-4-10(7-13(8)20)21-14(22)11-5-3-9(16)6-12(11)15(17,18)19/h2-7H,20H2,1H3,(H,21,22). The number of nitrogens with two attached hydrogens (primary N) is 1. The third-order valence-corrected chi connectivity index (χ3v) is 3.07. The molecule has 1 amide bonds. The molecule has 0 radical (unpaired) electrons. The first-order chi connectivity index (χ1) is 10.2. The Bertz CT molecular complexity index is 726. The van der Waals surface area contributed by atoms with E-state index < -0.39 is 29.0 Å². The van der Waals surface area contributed by atoms with Crippen molar-refractivity contribution < 1.29 is 22.4 Å². The molecule has 0 aliphatic carbocycles. The number of halogens is 4. The second-order valence-corrected chi connectivity index (χ2v) is 4.71. The molecule has 0 aromatic heterocycles. The summed E-state index contributed by atoms with van der Waals surface area (Å²) in [7, 11) is 0. The van der Waals surface area contributed by atoms with E-state index in [1.807, 2.05) is 0 Å². The van der Waals surface area contributed by atoms with Gasteiger partial charge in [0.05, 0.1) is 11.1 Å². The van der Waals surface area contributed by atoms with E-state index in [-0.39, 0.29) is 5.69 Å². The van der Waals surface area contributed by atoms with E-state index in [1.54, 1.807) is 13.0 Å². The quantitative estimate of drug-likeness (QED) is 0.651. The van der Waals surface area contributed by atoms with Crippen molar-refractivity contribution in [2.24, 2.45) is 0 Å². The van der Waals surface area contributed by atoms with Gasteiger partial charge in [0.2, 0.25) is 0 Å². The molecule has 0 bridgehead atoms. The third-order valence-electron chi connectivity index (χ3n) is 3.07. The lowest BCUT2D eigenvalue weighted by Crippen LogP contribution is -2.19. The number of benzene rings is 2. The summed E-state index contributed by atoms with van der Waals surface area (Å²) in [6.07, 6.45) is -4.83. The summed E-state index contributed by atoms with van der Waals surface area (Å²) in [5.41, 5.74) is 5.11. The lowest BCUT2D eigenvalue weighted by molar-refractivity contribution is -0.138. The molecule has 2 aromatic carbocycles. The van der Waals surface area contributed by atoms with E-state index in [9.17, 15) is 22.4 Å². The summed E-state index contributed by atoms with van der Waals surface area (Å²) in [6, 6.07) is 6.46. The molecule has 7 heteroatoms. The fourth-order valence-corrected chi connectivity index (χ4v) is 1.87. The van der Waals surface area contributed by atoms with Crippen LogP contribution in [0.3, 0.4) is 0 Å². The highest BCUT2D eigenvalue weighted by Crippen LogP contribution is 2.33. The highest BCUT2D eigenvalue weighted by atomic mass is 19.4. The van der Waals surface area contributed by atoms with Gasteiger partial charge < -0.3 is 11.1 Å². The van der Waals surface area contributed by atoms with Crippen molar-refractivity contribution in [1.82, 2.24) is 0 Å². The molecule has 0 saturated carbocycles. The zero-order valence-corrected chi connectivity index (χ0v) is 11.5. The van der Waals surface area contributed by atoms with Gasteiger partial charge in [0, 0.05) is 11.4 Å². The summed E-state index contributed by atoms with van der Waals surface area (Å²) in [5, 5.41) is 2.32. The van der Waals surface area contributed by atoms with Gasteiger partial charge in [0.1, 0.15) is 5.82 Å². The average molecular weight is 312 g/mol. The normalized spacial score (nSPS) is 11.3. The molecule has 0 atom stereocenters. The molecular weight excluding hydrogens is 300 g/mol. The van der Waals surface area contributed by atoms with E-state index in [2.05, 4.69) is 5.32 Å². The number of alkyl halides is 3. The fraction of sp³-hybridized carbons (Fsp3) is 0.133. The molecule has 3 N–H and O–H groups in total. The Balaban J connectivity index is 2.35. The highest BCUT2D eigenvalue weighted by Gasteiger charge is 2.35. The van der Waals surface area contributed by atoms with Gasteiger partial charge in [-0.2, -0.15) is 13.2 Å². The molecule has 0 aliphatic heterocycles. The fourth-order valence-electron chi connectivity index (χ4n) is 1.87. The van der Waals surface area contributed by atoms with Crippen LogP contribution >= 0.6 is 0 Å². The van der Waals surface area contributed by atoms with Crippen LogP contribution in [0.15, 0.2) is 36.4 Å². The van der Waals surface area contributed by atoms with Crippen molar-refractivity contribution in [2.75, 3.05) is 11.1 Å². The number of anilines is 2. The van der Waals surface area contributed by atoms with Crippen molar-refractivity contribution in [3.05, 3.63) is 58.9 Å². The number of hydrogen-bond acceptors (Lipinski definition) is 2. The number of nitrogens with one attached hydrogen (secondary N) is 1. The minimum Gasteiger partial charge on any atom is -0.398 e. The van der Waals surface area contributed by atoms with Crippen molar-refractivity contribution in [1.29, 1.82) is 0 Å². The number of amides is 1. The van der Waals surface area contributed by atoms with Crippen molar-refractivity contribution in [2.45, 2.75) is 13.1 Å². The van der Waals surface area contributed by atoms with Gasteiger partial charge in [-0.15, -0.1) is 0 Å². The number of nitrogen functional groups attached to an aromatic ring is 1. The molecule has 0 unspecified atom stereocenters. The maximum absolute atomic E-state index is 13.0. The first kappa shape index (κ1) is 15.8.